The second kappa shape index (κ2) is 7.42. The molecule has 1 heterocycles. The van der Waals surface area contributed by atoms with Crippen molar-refractivity contribution in [3.05, 3.63) is 45.2 Å². The zero-order valence-electron chi connectivity index (χ0n) is 12.6. The lowest BCUT2D eigenvalue weighted by Gasteiger charge is -2.09. The van der Waals surface area contributed by atoms with Gasteiger partial charge in [-0.1, -0.05) is 25.4 Å². The highest BCUT2D eigenvalue weighted by Crippen LogP contribution is 2.20. The van der Waals surface area contributed by atoms with E-state index in [4.69, 9.17) is 16.3 Å². The topological polar surface area (TPSA) is 71.2 Å². The Bertz CT molecular complexity index is 725. The molecule has 0 radical (unpaired) electrons. The van der Waals surface area contributed by atoms with E-state index in [-0.39, 0.29) is 11.5 Å². The minimum absolute atomic E-state index is 0.310. The fraction of sp³-hybridized carbons (Fsp3) is 0.375. The zero-order valence-corrected chi connectivity index (χ0v) is 13.4. The average molecular weight is 323 g/mol. The van der Waals surface area contributed by atoms with E-state index in [1.165, 1.54) is 6.07 Å². The molecule has 2 aromatic rings. The highest BCUT2D eigenvalue weighted by Gasteiger charge is 2.12. The maximum absolute atomic E-state index is 12.3. The molecule has 0 atom stereocenters. The van der Waals surface area contributed by atoms with Gasteiger partial charge in [-0.15, -0.1) is 0 Å². The number of hydrogen-bond acceptors (Lipinski definition) is 3. The Balaban J connectivity index is 2.10. The van der Waals surface area contributed by atoms with Crippen molar-refractivity contribution in [2.24, 2.45) is 5.92 Å². The van der Waals surface area contributed by atoms with Crippen LogP contribution in [0, 0.1) is 5.92 Å². The van der Waals surface area contributed by atoms with Crippen LogP contribution in [0.25, 0.3) is 10.9 Å². The number of fused-ring (bicyclic) bond motifs is 1. The summed E-state index contributed by atoms with van der Waals surface area (Å²) in [6.45, 7) is 5.60. The van der Waals surface area contributed by atoms with Crippen molar-refractivity contribution in [1.29, 1.82) is 0 Å². The van der Waals surface area contributed by atoms with Crippen molar-refractivity contribution in [2.45, 2.75) is 13.8 Å². The molecule has 22 heavy (non-hydrogen) atoms. The van der Waals surface area contributed by atoms with E-state index in [2.05, 4.69) is 24.1 Å². The lowest BCUT2D eigenvalue weighted by atomic mass is 10.1. The van der Waals surface area contributed by atoms with Crippen LogP contribution >= 0.6 is 11.6 Å². The first-order valence-electron chi connectivity index (χ1n) is 7.16. The Kier molecular flexibility index (Phi) is 5.57. The van der Waals surface area contributed by atoms with Gasteiger partial charge in [0.05, 0.1) is 12.2 Å². The van der Waals surface area contributed by atoms with Crippen LogP contribution in [0.2, 0.25) is 5.02 Å². The molecule has 0 bridgehead atoms. The quantitative estimate of drug-likeness (QED) is 0.803. The number of pyridine rings is 1. The predicted octanol–water partition coefficient (Wildman–Crippen LogP) is 2.58. The van der Waals surface area contributed by atoms with Gasteiger partial charge in [-0.2, -0.15) is 0 Å². The van der Waals surface area contributed by atoms with Gasteiger partial charge < -0.3 is 15.0 Å². The molecule has 0 saturated carbocycles. The number of halogens is 1. The molecule has 0 fully saturated rings. The summed E-state index contributed by atoms with van der Waals surface area (Å²) < 4.78 is 5.41. The molecule has 6 heteroatoms. The molecule has 0 saturated heterocycles. The number of nitrogens with one attached hydrogen (secondary N) is 2. The monoisotopic (exact) mass is 322 g/mol. The molecule has 2 N–H and O–H groups in total. The second-order valence-electron chi connectivity index (χ2n) is 5.46. The molecule has 0 aliphatic heterocycles. The molecule has 0 spiro atoms. The van der Waals surface area contributed by atoms with Gasteiger partial charge in [-0.05, 0) is 24.1 Å². The Morgan fingerprint density at radius 3 is 2.86 bits per heavy atom. The molecule has 118 valence electrons. The maximum atomic E-state index is 12.3. The van der Waals surface area contributed by atoms with Crippen molar-refractivity contribution in [1.82, 2.24) is 10.3 Å². The van der Waals surface area contributed by atoms with Crippen LogP contribution in [0.3, 0.4) is 0 Å². The summed E-state index contributed by atoms with van der Waals surface area (Å²) in [4.78, 5) is 26.6. The number of carbonyl (C=O) groups excluding carboxylic acids is 1. The van der Waals surface area contributed by atoms with Crippen LogP contribution < -0.4 is 10.9 Å². The number of rotatable bonds is 6. The van der Waals surface area contributed by atoms with E-state index in [0.717, 1.165) is 0 Å². The first kappa shape index (κ1) is 16.5. The van der Waals surface area contributed by atoms with Crippen LogP contribution in [-0.2, 0) is 4.74 Å². The van der Waals surface area contributed by atoms with Crippen molar-refractivity contribution in [3.8, 4) is 0 Å². The van der Waals surface area contributed by atoms with E-state index in [9.17, 15) is 9.59 Å². The smallest absolute Gasteiger partial charge is 0.252 e. The fourth-order valence-corrected chi connectivity index (χ4v) is 2.24. The summed E-state index contributed by atoms with van der Waals surface area (Å²) in [6, 6.07) is 6.29. The molecular formula is C16H19ClN2O3. The van der Waals surface area contributed by atoms with Gasteiger partial charge in [-0.3, -0.25) is 9.59 Å². The van der Waals surface area contributed by atoms with Crippen molar-refractivity contribution in [2.75, 3.05) is 19.8 Å². The van der Waals surface area contributed by atoms with Crippen molar-refractivity contribution < 1.29 is 9.53 Å². The summed E-state index contributed by atoms with van der Waals surface area (Å²) in [7, 11) is 0. The van der Waals surface area contributed by atoms with E-state index in [1.54, 1.807) is 18.2 Å². The van der Waals surface area contributed by atoms with Crippen LogP contribution in [0.4, 0.5) is 0 Å². The molecule has 5 nitrogen and oxygen atoms in total. The molecule has 1 amide bonds. The molecule has 1 aromatic carbocycles. The van der Waals surface area contributed by atoms with Gasteiger partial charge in [0.15, 0.2) is 0 Å². The Morgan fingerprint density at radius 1 is 1.36 bits per heavy atom. The van der Waals surface area contributed by atoms with Gasteiger partial charge in [-0.25, -0.2) is 0 Å². The number of benzene rings is 1. The van der Waals surface area contributed by atoms with Gasteiger partial charge in [0.2, 0.25) is 5.56 Å². The summed E-state index contributed by atoms with van der Waals surface area (Å²) in [5.41, 5.74) is 0.569. The molecule has 0 aliphatic rings. The minimum atomic E-state index is -0.323. The summed E-state index contributed by atoms with van der Waals surface area (Å²) >= 11 is 5.97. The maximum Gasteiger partial charge on any atom is 0.252 e. The van der Waals surface area contributed by atoms with E-state index >= 15 is 0 Å². The number of ether oxygens (including phenoxy) is 1. The summed E-state index contributed by atoms with van der Waals surface area (Å²) in [5.74, 6) is 0.140. The SMILES string of the molecule is CC(C)COCCNC(=O)c1cc(=O)[nH]c2ccc(Cl)cc12. The molecular weight excluding hydrogens is 304 g/mol. The lowest BCUT2D eigenvalue weighted by Crippen LogP contribution is -2.28. The number of aromatic nitrogens is 1. The van der Waals surface area contributed by atoms with Crippen LogP contribution in [0.1, 0.15) is 24.2 Å². The van der Waals surface area contributed by atoms with Crippen molar-refractivity contribution >= 4 is 28.4 Å². The Labute approximate surface area is 133 Å². The third-order valence-corrected chi connectivity index (χ3v) is 3.27. The first-order chi connectivity index (χ1) is 10.5. The number of carbonyl (C=O) groups is 1. The molecule has 2 rings (SSSR count). The van der Waals surface area contributed by atoms with Crippen LogP contribution in [0.5, 0.6) is 0 Å². The highest BCUT2D eigenvalue weighted by atomic mass is 35.5. The molecule has 0 unspecified atom stereocenters. The Morgan fingerprint density at radius 2 is 2.14 bits per heavy atom. The standard InChI is InChI=1S/C16H19ClN2O3/c1-10(2)9-22-6-5-18-16(21)13-8-15(20)19-14-4-3-11(17)7-12(13)14/h3-4,7-8,10H,5-6,9H2,1-2H3,(H,18,21)(H,19,20). The largest absolute Gasteiger partial charge is 0.379 e. The van der Waals surface area contributed by atoms with Crippen LogP contribution in [-0.4, -0.2) is 30.6 Å². The number of hydrogen-bond donors (Lipinski definition) is 2. The van der Waals surface area contributed by atoms with Gasteiger partial charge in [0.25, 0.3) is 5.91 Å². The molecule has 0 aliphatic carbocycles. The fourth-order valence-electron chi connectivity index (χ4n) is 2.06. The summed E-state index contributed by atoms with van der Waals surface area (Å²) in [6.07, 6.45) is 0. The van der Waals surface area contributed by atoms with Crippen molar-refractivity contribution in [3.63, 3.8) is 0 Å². The average Bonchev–Trinajstić information content (AvgIpc) is 2.46. The summed E-state index contributed by atoms with van der Waals surface area (Å²) in [5, 5.41) is 3.88. The third-order valence-electron chi connectivity index (χ3n) is 3.03. The predicted molar refractivity (Wildman–Crippen MR) is 87.6 cm³/mol. The van der Waals surface area contributed by atoms with E-state index < -0.39 is 0 Å². The van der Waals surface area contributed by atoms with Crippen LogP contribution in [0.15, 0.2) is 29.1 Å². The lowest BCUT2D eigenvalue weighted by molar-refractivity contribution is 0.0887. The second-order valence-corrected chi connectivity index (χ2v) is 5.90. The van der Waals surface area contributed by atoms with Gasteiger partial charge >= 0.3 is 0 Å². The van der Waals surface area contributed by atoms with E-state index in [1.807, 2.05) is 0 Å². The number of amides is 1. The Hall–Kier alpha value is -1.85. The van der Waals surface area contributed by atoms with Gasteiger partial charge in [0, 0.05) is 35.1 Å². The first-order valence-corrected chi connectivity index (χ1v) is 7.53. The molecule has 1 aromatic heterocycles. The van der Waals surface area contributed by atoms with E-state index in [0.29, 0.717) is 47.2 Å². The number of H-pyrrole nitrogens is 1. The third kappa shape index (κ3) is 4.32. The number of aromatic amines is 1. The van der Waals surface area contributed by atoms with Gasteiger partial charge in [0.1, 0.15) is 0 Å². The normalized spacial score (nSPS) is 11.1. The zero-order chi connectivity index (χ0) is 16.1. The minimum Gasteiger partial charge on any atom is -0.379 e. The highest BCUT2D eigenvalue weighted by molar-refractivity contribution is 6.31.